The number of benzene rings is 1. The van der Waals surface area contributed by atoms with Gasteiger partial charge in [0.15, 0.2) is 0 Å². The van der Waals surface area contributed by atoms with Gasteiger partial charge in [-0.2, -0.15) is 0 Å². The number of nitrogens with zero attached hydrogens (tertiary/aromatic N) is 2. The van der Waals surface area contributed by atoms with Crippen LogP contribution in [-0.4, -0.2) is 23.5 Å². The molecule has 0 aliphatic rings. The van der Waals surface area contributed by atoms with Crippen molar-refractivity contribution >= 4 is 27.5 Å². The highest BCUT2D eigenvalue weighted by Crippen LogP contribution is 2.24. The zero-order valence-corrected chi connectivity index (χ0v) is 13.6. The van der Waals surface area contributed by atoms with Gasteiger partial charge >= 0.3 is 0 Å². The largest absolute Gasteiger partial charge is 0.329 e. The van der Waals surface area contributed by atoms with E-state index in [1.54, 1.807) is 6.20 Å². The highest BCUT2D eigenvalue weighted by molar-refractivity contribution is 9.10. The molecule has 0 amide bonds. The monoisotopic (exact) mass is 353 g/mol. The third-order valence-corrected chi connectivity index (χ3v) is 4.05. The minimum absolute atomic E-state index is 0.108. The predicted molar refractivity (Wildman–Crippen MR) is 86.7 cm³/mol. The smallest absolute Gasteiger partial charge is 0.0486 e. The van der Waals surface area contributed by atoms with Crippen molar-refractivity contribution in [3.05, 3.63) is 63.3 Å². The molecule has 2 rings (SSSR count). The SMILES string of the molecule is CN(Cc1ccccc1Cl)C(CN)c1cncc(Br)c1. The number of nitrogens with two attached hydrogens (primary N) is 1. The first-order chi connectivity index (χ1) is 9.61. The van der Waals surface area contributed by atoms with E-state index in [2.05, 4.69) is 25.8 Å². The second kappa shape index (κ2) is 7.18. The second-order valence-corrected chi connectivity index (χ2v) is 6.02. The molecule has 0 saturated heterocycles. The number of hydrogen-bond acceptors (Lipinski definition) is 3. The van der Waals surface area contributed by atoms with Gasteiger partial charge in [-0.15, -0.1) is 0 Å². The summed E-state index contributed by atoms with van der Waals surface area (Å²) in [6.07, 6.45) is 3.62. The van der Waals surface area contributed by atoms with E-state index in [9.17, 15) is 0 Å². The Morgan fingerprint density at radius 2 is 2.10 bits per heavy atom. The van der Waals surface area contributed by atoms with E-state index in [1.807, 2.05) is 43.6 Å². The Kier molecular flexibility index (Phi) is 5.54. The van der Waals surface area contributed by atoms with E-state index in [-0.39, 0.29) is 6.04 Å². The maximum Gasteiger partial charge on any atom is 0.0486 e. The number of aromatic nitrogens is 1. The van der Waals surface area contributed by atoms with Crippen LogP contribution in [0.25, 0.3) is 0 Å². The molecule has 20 heavy (non-hydrogen) atoms. The fourth-order valence-electron chi connectivity index (χ4n) is 2.19. The summed E-state index contributed by atoms with van der Waals surface area (Å²) < 4.78 is 0.958. The predicted octanol–water partition coefficient (Wildman–Crippen LogP) is 3.63. The van der Waals surface area contributed by atoms with Crippen molar-refractivity contribution in [2.45, 2.75) is 12.6 Å². The van der Waals surface area contributed by atoms with E-state index in [0.717, 1.165) is 27.2 Å². The Balaban J connectivity index is 2.17. The van der Waals surface area contributed by atoms with Crippen molar-refractivity contribution in [2.75, 3.05) is 13.6 Å². The quantitative estimate of drug-likeness (QED) is 0.891. The van der Waals surface area contributed by atoms with Gasteiger partial charge in [0.2, 0.25) is 0 Å². The molecule has 0 aliphatic carbocycles. The zero-order valence-electron chi connectivity index (χ0n) is 11.3. The Morgan fingerprint density at radius 3 is 2.75 bits per heavy atom. The molecule has 0 aliphatic heterocycles. The normalized spacial score (nSPS) is 12.7. The summed E-state index contributed by atoms with van der Waals surface area (Å²) in [5, 5.41) is 0.780. The summed E-state index contributed by atoms with van der Waals surface area (Å²) in [7, 11) is 2.04. The molecule has 1 heterocycles. The van der Waals surface area contributed by atoms with Crippen molar-refractivity contribution in [3.63, 3.8) is 0 Å². The third kappa shape index (κ3) is 3.79. The summed E-state index contributed by atoms with van der Waals surface area (Å²) in [6, 6.07) is 10.0. The first-order valence-electron chi connectivity index (χ1n) is 6.36. The Labute approximate surface area is 132 Å². The van der Waals surface area contributed by atoms with Gasteiger partial charge in [-0.25, -0.2) is 0 Å². The molecule has 106 valence electrons. The highest BCUT2D eigenvalue weighted by Gasteiger charge is 2.17. The van der Waals surface area contributed by atoms with Crippen molar-refractivity contribution in [1.29, 1.82) is 0 Å². The lowest BCUT2D eigenvalue weighted by atomic mass is 10.1. The second-order valence-electron chi connectivity index (χ2n) is 4.69. The highest BCUT2D eigenvalue weighted by atomic mass is 79.9. The van der Waals surface area contributed by atoms with Gasteiger partial charge < -0.3 is 5.73 Å². The molecule has 1 aromatic carbocycles. The van der Waals surface area contributed by atoms with E-state index in [4.69, 9.17) is 17.3 Å². The van der Waals surface area contributed by atoms with Crippen LogP contribution in [0.1, 0.15) is 17.2 Å². The molecule has 1 atom stereocenters. The van der Waals surface area contributed by atoms with Gasteiger partial charge in [0.25, 0.3) is 0 Å². The number of pyridine rings is 1. The van der Waals surface area contributed by atoms with E-state index in [1.165, 1.54) is 0 Å². The lowest BCUT2D eigenvalue weighted by molar-refractivity contribution is 0.241. The van der Waals surface area contributed by atoms with Crippen molar-refractivity contribution in [2.24, 2.45) is 5.73 Å². The number of likely N-dealkylation sites (N-methyl/N-ethyl adjacent to an activating group) is 1. The van der Waals surface area contributed by atoms with Crippen LogP contribution in [0.5, 0.6) is 0 Å². The molecule has 1 unspecified atom stereocenters. The van der Waals surface area contributed by atoms with Crippen LogP contribution in [0.4, 0.5) is 0 Å². The first-order valence-corrected chi connectivity index (χ1v) is 7.53. The van der Waals surface area contributed by atoms with Crippen molar-refractivity contribution < 1.29 is 0 Å². The summed E-state index contributed by atoms with van der Waals surface area (Å²) in [6.45, 7) is 1.27. The lowest BCUT2D eigenvalue weighted by Gasteiger charge is -2.27. The topological polar surface area (TPSA) is 42.1 Å². The average molecular weight is 355 g/mol. The van der Waals surface area contributed by atoms with Gasteiger partial charge in [0, 0.05) is 41.0 Å². The molecule has 0 spiro atoms. The summed E-state index contributed by atoms with van der Waals surface area (Å²) >= 11 is 9.65. The maximum atomic E-state index is 6.21. The Bertz CT molecular complexity index is 577. The molecule has 3 nitrogen and oxygen atoms in total. The molecule has 1 aromatic heterocycles. The van der Waals surface area contributed by atoms with Crippen molar-refractivity contribution in [1.82, 2.24) is 9.88 Å². The van der Waals surface area contributed by atoms with Crippen molar-refractivity contribution in [3.8, 4) is 0 Å². The fraction of sp³-hybridized carbons (Fsp3) is 0.267. The summed E-state index contributed by atoms with van der Waals surface area (Å²) in [5.41, 5.74) is 8.12. The maximum absolute atomic E-state index is 6.21. The molecular formula is C15H17BrClN3. The molecular weight excluding hydrogens is 338 g/mol. The Hall–Kier alpha value is -0.940. The van der Waals surface area contributed by atoms with E-state index >= 15 is 0 Å². The van der Waals surface area contributed by atoms with Gasteiger partial charge in [0.05, 0.1) is 0 Å². The van der Waals surface area contributed by atoms with Crippen LogP contribution in [0.2, 0.25) is 5.02 Å². The van der Waals surface area contributed by atoms with Crippen LogP contribution in [0.3, 0.4) is 0 Å². The number of rotatable bonds is 5. The lowest BCUT2D eigenvalue weighted by Crippen LogP contribution is -2.30. The first kappa shape index (κ1) is 15.4. The molecule has 5 heteroatoms. The zero-order chi connectivity index (χ0) is 14.5. The van der Waals surface area contributed by atoms with Gasteiger partial charge in [-0.3, -0.25) is 9.88 Å². The molecule has 0 bridgehead atoms. The van der Waals surface area contributed by atoms with Crippen LogP contribution < -0.4 is 5.73 Å². The molecule has 0 radical (unpaired) electrons. The van der Waals surface area contributed by atoms with E-state index < -0.39 is 0 Å². The standard InChI is InChI=1S/C15H17BrClN3/c1-20(10-11-4-2-3-5-14(11)17)15(7-18)12-6-13(16)9-19-8-12/h2-6,8-9,15H,7,10,18H2,1H3. The molecule has 2 aromatic rings. The van der Waals surface area contributed by atoms with Crippen LogP contribution in [0, 0.1) is 0 Å². The number of hydrogen-bond donors (Lipinski definition) is 1. The molecule has 0 fully saturated rings. The van der Waals surface area contributed by atoms with Gasteiger partial charge in [-0.05, 0) is 46.2 Å². The summed E-state index contributed by atoms with van der Waals surface area (Å²) in [5.74, 6) is 0. The van der Waals surface area contributed by atoms with Gasteiger partial charge in [-0.1, -0.05) is 29.8 Å². The average Bonchev–Trinajstić information content (AvgIpc) is 2.42. The van der Waals surface area contributed by atoms with Crippen LogP contribution in [0.15, 0.2) is 47.2 Å². The minimum atomic E-state index is 0.108. The van der Waals surface area contributed by atoms with Gasteiger partial charge in [0.1, 0.15) is 0 Å². The fourth-order valence-corrected chi connectivity index (χ4v) is 2.76. The molecule has 0 saturated carbocycles. The van der Waals surface area contributed by atoms with Crippen LogP contribution >= 0.6 is 27.5 Å². The summed E-state index contributed by atoms with van der Waals surface area (Å²) in [4.78, 5) is 6.39. The molecule has 2 N–H and O–H groups in total. The van der Waals surface area contributed by atoms with E-state index in [0.29, 0.717) is 6.54 Å². The Morgan fingerprint density at radius 1 is 1.35 bits per heavy atom. The number of halogens is 2. The van der Waals surface area contributed by atoms with Crippen LogP contribution in [-0.2, 0) is 6.54 Å². The minimum Gasteiger partial charge on any atom is -0.329 e. The third-order valence-electron chi connectivity index (χ3n) is 3.24.